The van der Waals surface area contributed by atoms with E-state index in [1.807, 2.05) is 0 Å². The molecule has 0 radical (unpaired) electrons. The summed E-state index contributed by atoms with van der Waals surface area (Å²) in [5, 5.41) is 0. The lowest BCUT2D eigenvalue weighted by molar-refractivity contribution is -0.147. The highest BCUT2D eigenvalue weighted by atomic mass is 31.2. The third-order valence-corrected chi connectivity index (χ3v) is 3.29. The fourth-order valence-electron chi connectivity index (χ4n) is 1.33. The van der Waals surface area contributed by atoms with Crippen molar-refractivity contribution in [2.45, 2.75) is 31.8 Å². The Morgan fingerprint density at radius 1 is 1.00 bits per heavy atom. The van der Waals surface area contributed by atoms with E-state index < -0.39 is 40.9 Å². The van der Waals surface area contributed by atoms with E-state index in [-0.39, 0.29) is 6.42 Å². The average molecular weight is 365 g/mol. The topological polar surface area (TPSA) is 186 Å². The van der Waals surface area contributed by atoms with Crippen molar-refractivity contribution >= 4 is 21.6 Å². The van der Waals surface area contributed by atoms with Crippen LogP contribution in [0.4, 0.5) is 0 Å². The number of nitrogens with two attached hydrogens (primary N) is 1. The van der Waals surface area contributed by atoms with E-state index in [1.54, 1.807) is 0 Å². The van der Waals surface area contributed by atoms with Gasteiger partial charge in [-0.05, 0) is 19.4 Å². The Labute approximate surface area is 127 Å². The molecule has 0 rings (SSSR count). The predicted octanol–water partition coefficient (Wildman–Crippen LogP) is -0.364. The van der Waals surface area contributed by atoms with Crippen LogP contribution in [0.15, 0.2) is 0 Å². The fraction of sp³-hybridized carbons (Fsp3) is 0.889. The smallest absolute Gasteiger partial charge is 0.463 e. The molecule has 0 saturated carbocycles. The second-order valence-electron chi connectivity index (χ2n) is 4.29. The summed E-state index contributed by atoms with van der Waals surface area (Å²) < 4.78 is 34.3. The maximum absolute atomic E-state index is 11.4. The fourth-order valence-corrected chi connectivity index (χ4v) is 2.20. The minimum atomic E-state index is -4.93. The molecule has 0 aliphatic carbocycles. The lowest BCUT2D eigenvalue weighted by Crippen LogP contribution is -2.26. The molecule has 11 nitrogen and oxygen atoms in total. The molecule has 6 N–H and O–H groups in total. The molecule has 0 bridgehead atoms. The number of carbonyl (C=O) groups is 1. The zero-order valence-corrected chi connectivity index (χ0v) is 13.5. The molecule has 0 saturated heterocycles. The van der Waals surface area contributed by atoms with Crippen LogP contribution in [0.3, 0.4) is 0 Å². The van der Waals surface area contributed by atoms with E-state index in [2.05, 4.69) is 9.05 Å². The first-order valence-corrected chi connectivity index (χ1v) is 9.39. The van der Waals surface area contributed by atoms with Crippen molar-refractivity contribution in [3.8, 4) is 0 Å². The number of esters is 1. The molecule has 1 atom stereocenters. The zero-order valence-electron chi connectivity index (χ0n) is 11.7. The van der Waals surface area contributed by atoms with E-state index in [4.69, 9.17) is 30.0 Å². The molecule has 0 amide bonds. The summed E-state index contributed by atoms with van der Waals surface area (Å²) in [7, 11) is -9.78. The Morgan fingerprint density at radius 2 is 1.64 bits per heavy atom. The van der Waals surface area contributed by atoms with Crippen LogP contribution >= 0.6 is 15.6 Å². The van der Waals surface area contributed by atoms with Crippen molar-refractivity contribution in [3.63, 3.8) is 0 Å². The number of phosphoric acid groups is 2. The molecule has 1 unspecified atom stereocenters. The second kappa shape index (κ2) is 10.4. The second-order valence-corrected chi connectivity index (χ2v) is 6.72. The van der Waals surface area contributed by atoms with Gasteiger partial charge in [0.05, 0.1) is 6.61 Å². The molecule has 13 heteroatoms. The van der Waals surface area contributed by atoms with E-state index in [1.165, 1.54) is 0 Å². The van der Waals surface area contributed by atoms with Crippen molar-refractivity contribution in [1.29, 1.82) is 0 Å². The first-order valence-electron chi connectivity index (χ1n) is 6.33. The van der Waals surface area contributed by atoms with Crippen LogP contribution in [0.2, 0.25) is 0 Å². The third-order valence-electron chi connectivity index (χ3n) is 2.23. The molecule has 0 aliphatic heterocycles. The Morgan fingerprint density at radius 3 is 2.14 bits per heavy atom. The Bertz CT molecular complexity index is 419. The van der Waals surface area contributed by atoms with Gasteiger partial charge >= 0.3 is 21.6 Å². The average Bonchev–Trinajstić information content (AvgIpc) is 2.35. The minimum Gasteiger partial charge on any atom is -0.463 e. The SMILES string of the molecule is NCCCCCC(=O)OCC(COP(=O)(O)O)OP(=O)(O)O. The van der Waals surface area contributed by atoms with Gasteiger partial charge in [-0.1, -0.05) is 6.42 Å². The van der Waals surface area contributed by atoms with Crippen LogP contribution in [0.1, 0.15) is 25.7 Å². The predicted molar refractivity (Wildman–Crippen MR) is 73.4 cm³/mol. The number of carbonyl (C=O) groups excluding carboxylic acids is 1. The minimum absolute atomic E-state index is 0.0853. The van der Waals surface area contributed by atoms with Crippen molar-refractivity contribution in [2.24, 2.45) is 5.73 Å². The molecule has 0 aromatic heterocycles. The summed E-state index contributed by atoms with van der Waals surface area (Å²) in [6.45, 7) is -0.955. The molecule has 0 heterocycles. The van der Waals surface area contributed by atoms with Gasteiger partial charge in [-0.2, -0.15) is 0 Å². The number of ether oxygens (including phenoxy) is 1. The molecule has 0 spiro atoms. The lowest BCUT2D eigenvalue weighted by Gasteiger charge is -2.18. The van der Waals surface area contributed by atoms with Gasteiger partial charge in [-0.25, -0.2) is 9.13 Å². The summed E-state index contributed by atoms with van der Waals surface area (Å²) >= 11 is 0. The van der Waals surface area contributed by atoms with Crippen LogP contribution in [0, 0.1) is 0 Å². The van der Waals surface area contributed by atoms with Crippen LogP contribution in [0.5, 0.6) is 0 Å². The van der Waals surface area contributed by atoms with Gasteiger partial charge in [0, 0.05) is 6.42 Å². The van der Waals surface area contributed by atoms with Gasteiger partial charge in [-0.3, -0.25) is 13.8 Å². The van der Waals surface area contributed by atoms with Gasteiger partial charge in [-0.15, -0.1) is 0 Å². The van der Waals surface area contributed by atoms with E-state index in [0.29, 0.717) is 13.0 Å². The molecular weight excluding hydrogens is 344 g/mol. The lowest BCUT2D eigenvalue weighted by atomic mass is 10.2. The van der Waals surface area contributed by atoms with Crippen molar-refractivity contribution < 1.29 is 47.3 Å². The maximum Gasteiger partial charge on any atom is 0.470 e. The highest BCUT2D eigenvalue weighted by Gasteiger charge is 2.26. The summed E-state index contributed by atoms with van der Waals surface area (Å²) in [6, 6.07) is 0. The number of hydrogen-bond donors (Lipinski definition) is 5. The largest absolute Gasteiger partial charge is 0.470 e. The first kappa shape index (κ1) is 21.6. The molecule has 0 aromatic carbocycles. The summed E-state index contributed by atoms with van der Waals surface area (Å²) in [4.78, 5) is 45.8. The quantitative estimate of drug-likeness (QED) is 0.173. The normalized spacial score (nSPS) is 13.9. The number of unbranched alkanes of at least 4 members (excludes halogenated alkanes) is 2. The summed E-state index contributed by atoms with van der Waals surface area (Å²) in [5.41, 5.74) is 5.29. The van der Waals surface area contributed by atoms with Gasteiger partial charge in [0.1, 0.15) is 12.7 Å². The highest BCUT2D eigenvalue weighted by molar-refractivity contribution is 7.46. The summed E-state index contributed by atoms with van der Waals surface area (Å²) in [6.07, 6.45) is 0.602. The number of phosphoric ester groups is 2. The van der Waals surface area contributed by atoms with Crippen LogP contribution in [-0.2, 0) is 27.7 Å². The highest BCUT2D eigenvalue weighted by Crippen LogP contribution is 2.40. The van der Waals surface area contributed by atoms with Crippen molar-refractivity contribution in [3.05, 3.63) is 0 Å². The molecule has 0 aromatic rings. The summed E-state index contributed by atoms with van der Waals surface area (Å²) in [5.74, 6) is -0.632. The van der Waals surface area contributed by atoms with Crippen molar-refractivity contribution in [1.82, 2.24) is 0 Å². The molecule has 0 aliphatic rings. The number of rotatable bonds is 12. The monoisotopic (exact) mass is 365 g/mol. The van der Waals surface area contributed by atoms with Crippen molar-refractivity contribution in [2.75, 3.05) is 19.8 Å². The Hall–Kier alpha value is -0.350. The van der Waals surface area contributed by atoms with E-state index in [9.17, 15) is 13.9 Å². The van der Waals surface area contributed by atoms with Gasteiger partial charge < -0.3 is 30.0 Å². The Balaban J connectivity index is 4.24. The van der Waals surface area contributed by atoms with Crippen LogP contribution in [-0.4, -0.2) is 51.4 Å². The Kier molecular flexibility index (Phi) is 10.3. The van der Waals surface area contributed by atoms with E-state index in [0.717, 1.165) is 12.8 Å². The maximum atomic E-state index is 11.4. The standard InChI is InChI=1S/C9H21NO10P2/c10-5-3-1-2-4-9(11)18-6-8(20-22(15,16)17)7-19-21(12,13)14/h8H,1-7,10H2,(H2,12,13,14)(H2,15,16,17). The molecule has 0 fully saturated rings. The first-order chi connectivity index (χ1) is 10.0. The van der Waals surface area contributed by atoms with Crippen LogP contribution in [0.25, 0.3) is 0 Å². The number of hydrogen-bond acceptors (Lipinski definition) is 7. The van der Waals surface area contributed by atoms with E-state index >= 15 is 0 Å². The molecular formula is C9H21NO10P2. The third kappa shape index (κ3) is 14.6. The molecule has 22 heavy (non-hydrogen) atoms. The molecule has 132 valence electrons. The van der Waals surface area contributed by atoms with Crippen LogP contribution < -0.4 is 5.73 Å². The van der Waals surface area contributed by atoms with Gasteiger partial charge in [0.25, 0.3) is 0 Å². The van der Waals surface area contributed by atoms with Gasteiger partial charge in [0.15, 0.2) is 0 Å². The zero-order chi connectivity index (χ0) is 17.2. The van der Waals surface area contributed by atoms with Gasteiger partial charge in [0.2, 0.25) is 0 Å².